The molecule has 1 spiro atoms. The second kappa shape index (κ2) is 8.33. The van der Waals surface area contributed by atoms with Crippen molar-refractivity contribution >= 4 is 23.8 Å². The minimum atomic E-state index is -0.971. The first-order valence-electron chi connectivity index (χ1n) is 10.4. The van der Waals surface area contributed by atoms with Crippen LogP contribution in [0.5, 0.6) is 0 Å². The van der Waals surface area contributed by atoms with Gasteiger partial charge in [-0.05, 0) is 31.4 Å². The number of urea groups is 1. The zero-order valence-electron chi connectivity index (χ0n) is 17.7. The maximum absolute atomic E-state index is 13.5. The molecule has 2 aromatic rings. The number of amides is 4. The van der Waals surface area contributed by atoms with Gasteiger partial charge in [-0.1, -0.05) is 30.3 Å². The summed E-state index contributed by atoms with van der Waals surface area (Å²) in [5.74, 6) is -0.0469. The van der Waals surface area contributed by atoms with Crippen LogP contribution in [0.15, 0.2) is 42.6 Å². The van der Waals surface area contributed by atoms with Crippen LogP contribution in [0.4, 0.5) is 10.7 Å². The van der Waals surface area contributed by atoms with Gasteiger partial charge >= 0.3 is 6.03 Å². The molecule has 1 N–H and O–H groups in total. The lowest BCUT2D eigenvalue weighted by Gasteiger charge is -2.42. The van der Waals surface area contributed by atoms with Crippen molar-refractivity contribution in [2.75, 3.05) is 31.6 Å². The number of nitrogens with zero attached hydrogens (tertiary/aromatic N) is 5. The number of carbonyl (C=O) groups is 3. The maximum Gasteiger partial charge on any atom is 0.328 e. The van der Waals surface area contributed by atoms with Crippen molar-refractivity contribution in [3.05, 3.63) is 53.9 Å². The van der Waals surface area contributed by atoms with Crippen LogP contribution in [0.3, 0.4) is 0 Å². The Morgan fingerprint density at radius 3 is 2.48 bits per heavy atom. The molecule has 2 aliphatic rings. The third-order valence-electron chi connectivity index (χ3n) is 6.04. The number of benzene rings is 1. The molecule has 1 aromatic heterocycles. The molecule has 0 radical (unpaired) electrons. The molecule has 4 amide bonds. The van der Waals surface area contributed by atoms with Crippen molar-refractivity contribution in [1.82, 2.24) is 25.1 Å². The average Bonchev–Trinajstić information content (AvgIpc) is 2.97. The minimum Gasteiger partial charge on any atom is -0.358 e. The number of anilines is 1. The highest BCUT2D eigenvalue weighted by molar-refractivity contribution is 6.09. The molecule has 3 heterocycles. The summed E-state index contributed by atoms with van der Waals surface area (Å²) < 4.78 is 0. The number of rotatable bonds is 5. The summed E-state index contributed by atoms with van der Waals surface area (Å²) >= 11 is 0. The third-order valence-corrected chi connectivity index (χ3v) is 6.04. The van der Waals surface area contributed by atoms with Crippen molar-refractivity contribution < 1.29 is 14.4 Å². The van der Waals surface area contributed by atoms with Crippen LogP contribution in [-0.2, 0) is 16.1 Å². The molecule has 0 aliphatic carbocycles. The van der Waals surface area contributed by atoms with Gasteiger partial charge in [-0.15, -0.1) is 0 Å². The Bertz CT molecular complexity index is 988. The molecule has 9 nitrogen and oxygen atoms in total. The molecule has 31 heavy (non-hydrogen) atoms. The maximum atomic E-state index is 13.5. The summed E-state index contributed by atoms with van der Waals surface area (Å²) in [6, 6.07) is 11.0. The van der Waals surface area contributed by atoms with E-state index in [1.54, 1.807) is 11.1 Å². The number of imide groups is 1. The Hall–Kier alpha value is -3.49. The van der Waals surface area contributed by atoms with Gasteiger partial charge in [0.05, 0.1) is 0 Å². The Morgan fingerprint density at radius 2 is 1.84 bits per heavy atom. The SMILES string of the molecule is CNC(=O)CN1C(=O)N(Cc2ccccc2)C2(CCN(c3nccc(C)n3)CC2)C1=O. The molecular weight excluding hydrogens is 396 g/mol. The Labute approximate surface area is 181 Å². The number of aromatic nitrogens is 2. The fourth-order valence-electron chi connectivity index (χ4n) is 4.28. The van der Waals surface area contributed by atoms with Gasteiger partial charge in [-0.3, -0.25) is 14.5 Å². The van der Waals surface area contributed by atoms with Gasteiger partial charge < -0.3 is 15.1 Å². The van der Waals surface area contributed by atoms with Crippen molar-refractivity contribution in [2.24, 2.45) is 0 Å². The molecule has 0 unspecified atom stereocenters. The van der Waals surface area contributed by atoms with Crippen LogP contribution in [-0.4, -0.2) is 69.8 Å². The topological polar surface area (TPSA) is 98.7 Å². The zero-order valence-corrected chi connectivity index (χ0v) is 17.7. The van der Waals surface area contributed by atoms with E-state index in [4.69, 9.17) is 0 Å². The number of carbonyl (C=O) groups excluding carboxylic acids is 3. The molecule has 2 fully saturated rings. The van der Waals surface area contributed by atoms with Gasteiger partial charge in [0, 0.05) is 38.6 Å². The number of piperidine rings is 1. The first-order chi connectivity index (χ1) is 14.9. The molecule has 2 saturated heterocycles. The third kappa shape index (κ3) is 3.83. The number of likely N-dealkylation sites (N-methyl/N-ethyl adjacent to an activating group) is 1. The van der Waals surface area contributed by atoms with Crippen molar-refractivity contribution in [2.45, 2.75) is 31.8 Å². The van der Waals surface area contributed by atoms with Crippen LogP contribution in [0.2, 0.25) is 0 Å². The van der Waals surface area contributed by atoms with E-state index in [0.29, 0.717) is 38.4 Å². The molecular formula is C22H26N6O3. The monoisotopic (exact) mass is 422 g/mol. The van der Waals surface area contributed by atoms with E-state index >= 15 is 0 Å². The van der Waals surface area contributed by atoms with E-state index in [0.717, 1.165) is 16.2 Å². The Balaban J connectivity index is 1.61. The van der Waals surface area contributed by atoms with Crippen molar-refractivity contribution in [3.63, 3.8) is 0 Å². The van der Waals surface area contributed by atoms with E-state index in [1.807, 2.05) is 48.2 Å². The predicted octanol–water partition coefficient (Wildman–Crippen LogP) is 1.33. The Kier molecular flexibility index (Phi) is 5.58. The van der Waals surface area contributed by atoms with E-state index in [9.17, 15) is 14.4 Å². The summed E-state index contributed by atoms with van der Waals surface area (Å²) in [7, 11) is 1.49. The zero-order chi connectivity index (χ0) is 22.0. The van der Waals surface area contributed by atoms with Gasteiger partial charge in [0.1, 0.15) is 12.1 Å². The molecule has 4 rings (SSSR count). The van der Waals surface area contributed by atoms with E-state index in [2.05, 4.69) is 15.3 Å². The van der Waals surface area contributed by atoms with Gasteiger partial charge in [-0.25, -0.2) is 14.8 Å². The highest BCUT2D eigenvalue weighted by Gasteiger charge is 2.58. The molecule has 2 aliphatic heterocycles. The van der Waals surface area contributed by atoms with Gasteiger partial charge in [0.2, 0.25) is 11.9 Å². The lowest BCUT2D eigenvalue weighted by atomic mass is 9.85. The molecule has 9 heteroatoms. The van der Waals surface area contributed by atoms with Crippen LogP contribution in [0.1, 0.15) is 24.1 Å². The number of nitrogens with one attached hydrogen (secondary N) is 1. The Morgan fingerprint density at radius 1 is 1.13 bits per heavy atom. The van der Waals surface area contributed by atoms with Crippen LogP contribution in [0, 0.1) is 6.92 Å². The van der Waals surface area contributed by atoms with Gasteiger partial charge in [0.25, 0.3) is 5.91 Å². The van der Waals surface area contributed by atoms with E-state index < -0.39 is 11.6 Å². The fraction of sp³-hybridized carbons (Fsp3) is 0.409. The average molecular weight is 422 g/mol. The summed E-state index contributed by atoms with van der Waals surface area (Å²) in [4.78, 5) is 52.3. The number of hydrogen-bond donors (Lipinski definition) is 1. The summed E-state index contributed by atoms with van der Waals surface area (Å²) in [5.41, 5.74) is 0.843. The minimum absolute atomic E-state index is 0.272. The summed E-state index contributed by atoms with van der Waals surface area (Å²) in [5, 5.41) is 2.49. The lowest BCUT2D eigenvalue weighted by Crippen LogP contribution is -2.56. The van der Waals surface area contributed by atoms with Gasteiger partial charge in [0.15, 0.2) is 0 Å². The van der Waals surface area contributed by atoms with Gasteiger partial charge in [-0.2, -0.15) is 0 Å². The number of hydrogen-bond acceptors (Lipinski definition) is 6. The number of aryl methyl sites for hydroxylation is 1. The molecule has 0 saturated carbocycles. The fourth-order valence-corrected chi connectivity index (χ4v) is 4.28. The summed E-state index contributed by atoms with van der Waals surface area (Å²) in [6.45, 7) is 3.04. The van der Waals surface area contributed by atoms with Crippen LogP contribution >= 0.6 is 0 Å². The molecule has 162 valence electrons. The molecule has 0 bridgehead atoms. The highest BCUT2D eigenvalue weighted by Crippen LogP contribution is 2.39. The van der Waals surface area contributed by atoms with Crippen molar-refractivity contribution in [3.8, 4) is 0 Å². The second-order valence-electron chi connectivity index (χ2n) is 7.94. The van der Waals surface area contributed by atoms with Crippen LogP contribution < -0.4 is 10.2 Å². The van der Waals surface area contributed by atoms with Crippen molar-refractivity contribution in [1.29, 1.82) is 0 Å². The van der Waals surface area contributed by atoms with E-state index in [1.165, 1.54) is 7.05 Å². The molecule has 1 aromatic carbocycles. The largest absolute Gasteiger partial charge is 0.358 e. The summed E-state index contributed by atoms with van der Waals surface area (Å²) in [6.07, 6.45) is 2.62. The first kappa shape index (κ1) is 20.8. The first-order valence-corrected chi connectivity index (χ1v) is 10.4. The lowest BCUT2D eigenvalue weighted by molar-refractivity contribution is -0.137. The standard InChI is InChI=1S/C22H26N6O3/c1-16-8-11-24-20(25-16)26-12-9-22(10-13-26)19(30)27(15-18(29)23-2)21(31)28(22)14-17-6-4-3-5-7-17/h3-8,11H,9-10,12-15H2,1-2H3,(H,23,29). The van der Waals surface area contributed by atoms with Crippen LogP contribution in [0.25, 0.3) is 0 Å². The molecule has 0 atom stereocenters. The normalized spacial score (nSPS) is 18.1. The second-order valence-corrected chi connectivity index (χ2v) is 7.94. The quantitative estimate of drug-likeness (QED) is 0.730. The van der Waals surface area contributed by atoms with E-state index in [-0.39, 0.29) is 18.4 Å². The highest BCUT2D eigenvalue weighted by atomic mass is 16.2. The predicted molar refractivity (Wildman–Crippen MR) is 114 cm³/mol. The smallest absolute Gasteiger partial charge is 0.328 e.